The van der Waals surface area contributed by atoms with E-state index in [1.807, 2.05) is 12.1 Å². The van der Waals surface area contributed by atoms with Gasteiger partial charge >= 0.3 is 0 Å². The molecule has 1 fully saturated rings. The van der Waals surface area contributed by atoms with Gasteiger partial charge < -0.3 is 4.42 Å². The monoisotopic (exact) mass is 386 g/mol. The van der Waals surface area contributed by atoms with Crippen LogP contribution in [-0.4, -0.2) is 5.78 Å². The molecule has 2 bridgehead atoms. The minimum atomic E-state index is -0.0408. The summed E-state index contributed by atoms with van der Waals surface area (Å²) in [6, 6.07) is 20.8. The summed E-state index contributed by atoms with van der Waals surface area (Å²) in [6.07, 6.45) is 7.25. The number of hydrogen-bond acceptors (Lipinski definition) is 3. The quantitative estimate of drug-likeness (QED) is 0.369. The lowest BCUT2D eigenvalue weighted by molar-refractivity contribution is 0.0853. The number of carbonyl (C=O) groups is 1. The van der Waals surface area contributed by atoms with Crippen molar-refractivity contribution in [3.05, 3.63) is 96.0 Å². The van der Waals surface area contributed by atoms with Crippen molar-refractivity contribution < 1.29 is 9.21 Å². The predicted octanol–water partition coefficient (Wildman–Crippen LogP) is 6.53. The Balaban J connectivity index is 1.46. The topological polar surface area (TPSA) is 30.2 Å². The van der Waals surface area contributed by atoms with Crippen molar-refractivity contribution >= 4 is 17.5 Å². The summed E-state index contributed by atoms with van der Waals surface area (Å²) in [5, 5.41) is 0. The largest absolute Gasteiger partial charge is 0.460 e. The first-order valence-corrected chi connectivity index (χ1v) is 10.6. The van der Waals surface area contributed by atoms with Crippen molar-refractivity contribution in [3.8, 4) is 0 Å². The van der Waals surface area contributed by atoms with E-state index in [1.165, 1.54) is 11.1 Å². The van der Waals surface area contributed by atoms with Crippen LogP contribution in [-0.2, 0) is 0 Å². The number of Topliss-reactive ketones (excluding diaryl/α,β-unsaturated/α-hetero) is 1. The van der Waals surface area contributed by atoms with Gasteiger partial charge in [0.05, 0.1) is 11.2 Å². The van der Waals surface area contributed by atoms with Gasteiger partial charge in [0.1, 0.15) is 0 Å². The molecule has 2 aliphatic rings. The Morgan fingerprint density at radius 3 is 2.50 bits per heavy atom. The molecule has 0 N–H and O–H groups in total. The zero-order chi connectivity index (χ0) is 19.1. The minimum Gasteiger partial charge on any atom is -0.460 e. The van der Waals surface area contributed by atoms with Crippen LogP contribution >= 0.6 is 11.8 Å². The number of aryl methyl sites for hydroxylation is 1. The molecule has 0 aliphatic heterocycles. The SMILES string of the molecule is Cc1ccc(Sc2ccoc2C(=O)[C@H]2[C@H](c3ccccc3)[C@H]3C=C[C@@H]2C3)cc1. The lowest BCUT2D eigenvalue weighted by atomic mass is 9.76. The second-order valence-corrected chi connectivity index (χ2v) is 8.92. The fourth-order valence-corrected chi connectivity index (χ4v) is 5.64. The second-order valence-electron chi connectivity index (χ2n) is 7.80. The van der Waals surface area contributed by atoms with E-state index in [9.17, 15) is 4.79 Å². The molecule has 1 saturated carbocycles. The van der Waals surface area contributed by atoms with E-state index in [-0.39, 0.29) is 17.6 Å². The van der Waals surface area contributed by atoms with Gasteiger partial charge in [-0.1, -0.05) is 71.9 Å². The van der Waals surface area contributed by atoms with Gasteiger partial charge in [0.25, 0.3) is 0 Å². The second kappa shape index (κ2) is 7.14. The van der Waals surface area contributed by atoms with Crippen molar-refractivity contribution in [3.63, 3.8) is 0 Å². The molecule has 28 heavy (non-hydrogen) atoms. The highest BCUT2D eigenvalue weighted by atomic mass is 32.2. The Kier molecular flexibility index (Phi) is 4.48. The summed E-state index contributed by atoms with van der Waals surface area (Å²) in [5.74, 6) is 1.62. The molecule has 2 aromatic carbocycles. The number of carbonyl (C=O) groups excluding carboxylic acids is 1. The molecule has 1 heterocycles. The average molecular weight is 387 g/mol. The maximum atomic E-state index is 13.6. The van der Waals surface area contributed by atoms with Crippen LogP contribution in [0.5, 0.6) is 0 Å². The van der Waals surface area contributed by atoms with Crippen LogP contribution in [0, 0.1) is 24.7 Å². The van der Waals surface area contributed by atoms with Crippen molar-refractivity contribution in [1.29, 1.82) is 0 Å². The van der Waals surface area contributed by atoms with Crippen molar-refractivity contribution in [2.75, 3.05) is 0 Å². The molecule has 1 aromatic heterocycles. The maximum absolute atomic E-state index is 13.6. The summed E-state index contributed by atoms with van der Waals surface area (Å²) in [5.41, 5.74) is 2.49. The Labute approximate surface area is 169 Å². The average Bonchev–Trinajstić information content (AvgIpc) is 3.46. The Hall–Kier alpha value is -2.52. The molecule has 0 amide bonds. The fraction of sp³-hybridized carbons (Fsp3) is 0.240. The highest BCUT2D eigenvalue weighted by Gasteiger charge is 2.49. The van der Waals surface area contributed by atoms with E-state index >= 15 is 0 Å². The first kappa shape index (κ1) is 17.6. The number of benzene rings is 2. The molecule has 4 atom stereocenters. The summed E-state index contributed by atoms with van der Waals surface area (Å²) >= 11 is 1.60. The molecule has 3 aromatic rings. The first-order valence-electron chi connectivity index (χ1n) is 9.80. The normalized spacial score (nSPS) is 25.3. The lowest BCUT2D eigenvalue weighted by Crippen LogP contribution is -2.26. The molecule has 2 nitrogen and oxygen atoms in total. The number of ketones is 1. The van der Waals surface area contributed by atoms with Gasteiger partial charge in [0.2, 0.25) is 5.78 Å². The third kappa shape index (κ3) is 3.04. The third-order valence-corrected chi connectivity index (χ3v) is 7.10. The smallest absolute Gasteiger partial charge is 0.203 e. The Morgan fingerprint density at radius 1 is 0.964 bits per heavy atom. The van der Waals surface area contributed by atoms with Gasteiger partial charge in [0, 0.05) is 16.7 Å². The highest BCUT2D eigenvalue weighted by molar-refractivity contribution is 7.99. The zero-order valence-electron chi connectivity index (χ0n) is 15.7. The van der Waals surface area contributed by atoms with Gasteiger partial charge in [0.15, 0.2) is 5.76 Å². The minimum absolute atomic E-state index is 0.0408. The summed E-state index contributed by atoms with van der Waals surface area (Å²) in [4.78, 5) is 15.6. The molecule has 0 spiro atoms. The van der Waals surface area contributed by atoms with E-state index in [2.05, 4.69) is 67.6 Å². The van der Waals surface area contributed by atoms with E-state index < -0.39 is 0 Å². The molecule has 0 saturated heterocycles. The van der Waals surface area contributed by atoms with Crippen molar-refractivity contribution in [2.45, 2.75) is 29.1 Å². The summed E-state index contributed by atoms with van der Waals surface area (Å²) in [7, 11) is 0. The van der Waals surface area contributed by atoms with Crippen LogP contribution in [0.4, 0.5) is 0 Å². The number of hydrogen-bond donors (Lipinski definition) is 0. The highest BCUT2D eigenvalue weighted by Crippen LogP contribution is 2.54. The fourth-order valence-electron chi connectivity index (χ4n) is 4.75. The molecular weight excluding hydrogens is 364 g/mol. The number of allylic oxidation sites excluding steroid dienone is 2. The molecule has 0 unspecified atom stereocenters. The van der Waals surface area contributed by atoms with Crippen LogP contribution in [0.25, 0.3) is 0 Å². The summed E-state index contributed by atoms with van der Waals surface area (Å²) < 4.78 is 5.73. The molecule has 140 valence electrons. The van der Waals surface area contributed by atoms with Gasteiger partial charge in [-0.15, -0.1) is 0 Å². The maximum Gasteiger partial charge on any atom is 0.203 e. The van der Waals surface area contributed by atoms with Crippen LogP contribution in [0.1, 0.15) is 34.0 Å². The van der Waals surface area contributed by atoms with Crippen LogP contribution in [0.3, 0.4) is 0 Å². The first-order chi connectivity index (χ1) is 13.7. The van der Waals surface area contributed by atoms with Crippen LogP contribution < -0.4 is 0 Å². The van der Waals surface area contributed by atoms with Gasteiger partial charge in [-0.25, -0.2) is 0 Å². The number of furan rings is 1. The van der Waals surface area contributed by atoms with Gasteiger partial charge in [-0.05, 0) is 48.9 Å². The molecule has 0 radical (unpaired) electrons. The van der Waals surface area contributed by atoms with Crippen molar-refractivity contribution in [2.24, 2.45) is 17.8 Å². The standard InChI is InChI=1S/C25H22O2S/c1-16-7-11-20(12-8-16)28-21-13-14-27-25(21)24(26)23-19-10-9-18(15-19)22(23)17-5-3-2-4-6-17/h2-14,18-19,22-23H,15H2,1H3/t18-,19+,22+,23+/m0/s1. The van der Waals surface area contributed by atoms with Crippen LogP contribution in [0.2, 0.25) is 0 Å². The van der Waals surface area contributed by atoms with E-state index in [0.29, 0.717) is 17.6 Å². The van der Waals surface area contributed by atoms with Crippen molar-refractivity contribution in [1.82, 2.24) is 0 Å². The lowest BCUT2D eigenvalue weighted by Gasteiger charge is -2.27. The molecule has 5 rings (SSSR count). The molecule has 2 aliphatic carbocycles. The van der Waals surface area contributed by atoms with E-state index in [0.717, 1.165) is 16.2 Å². The molecule has 3 heteroatoms. The zero-order valence-corrected chi connectivity index (χ0v) is 16.6. The van der Waals surface area contributed by atoms with E-state index in [4.69, 9.17) is 4.42 Å². The van der Waals surface area contributed by atoms with Crippen LogP contribution in [0.15, 0.2) is 93.3 Å². The summed E-state index contributed by atoms with van der Waals surface area (Å²) in [6.45, 7) is 2.08. The number of fused-ring (bicyclic) bond motifs is 2. The third-order valence-electron chi connectivity index (χ3n) is 6.05. The Bertz CT molecular complexity index is 1020. The molecular formula is C25H22O2S. The van der Waals surface area contributed by atoms with E-state index in [1.54, 1.807) is 18.0 Å². The van der Waals surface area contributed by atoms with Gasteiger partial charge in [-0.3, -0.25) is 4.79 Å². The predicted molar refractivity (Wildman–Crippen MR) is 112 cm³/mol. The van der Waals surface area contributed by atoms with Gasteiger partial charge in [-0.2, -0.15) is 0 Å². The number of rotatable bonds is 5. The Morgan fingerprint density at radius 2 is 1.71 bits per heavy atom.